The van der Waals surface area contributed by atoms with Crippen LogP contribution in [0.15, 0.2) is 308 Å². The molecule has 23 heteroatoms. The van der Waals surface area contributed by atoms with Crippen LogP contribution in [0.25, 0.3) is 0 Å². The lowest BCUT2D eigenvalue weighted by Gasteiger charge is -2.16. The number of fused-ring (bicyclic) bond motifs is 6. The normalized spacial score (nSPS) is 13.0. The lowest BCUT2D eigenvalue weighted by molar-refractivity contribution is 0.0467. The number of ketones is 2. The summed E-state index contributed by atoms with van der Waals surface area (Å²) < 4.78 is 14.8. The second-order valence-corrected chi connectivity index (χ2v) is 30.8. The second kappa shape index (κ2) is 42.8. The Morgan fingerprint density at radius 2 is 0.783 bits per heavy atom. The first-order valence-electron chi connectivity index (χ1n) is 35.7. The van der Waals surface area contributed by atoms with Gasteiger partial charge >= 0.3 is 35.8 Å². The van der Waals surface area contributed by atoms with Gasteiger partial charge < -0.3 is 44.8 Å². The highest BCUT2D eigenvalue weighted by Gasteiger charge is 2.28. The molecule has 15 rings (SSSR count). The molecule has 0 spiro atoms. The molecule has 0 radical (unpaired) electrons. The molecule has 115 heavy (non-hydrogen) atoms. The molecule has 2 unspecified atom stereocenters. The van der Waals surface area contributed by atoms with Gasteiger partial charge in [-0.3, -0.25) is 9.59 Å². The van der Waals surface area contributed by atoms with Crippen molar-refractivity contribution in [1.29, 1.82) is 0 Å². The molecule has 17 nitrogen and oxygen atoms in total. The molecule has 0 amide bonds. The molecule has 6 N–H and O–H groups in total. The Morgan fingerprint density at radius 1 is 0.391 bits per heavy atom. The van der Waals surface area contributed by atoms with E-state index in [9.17, 15) is 58.8 Å². The summed E-state index contributed by atoms with van der Waals surface area (Å²) in [5, 5.41) is 58.2. The van der Waals surface area contributed by atoms with Gasteiger partial charge in [0.15, 0.2) is 11.6 Å². The smallest absolute Gasteiger partial charge is 0.338 e. The monoisotopic (exact) mass is 1650 g/mol. The predicted octanol–water partition coefficient (Wildman–Crippen LogP) is 19.9. The third-order valence-corrected chi connectivity index (χ3v) is 24.4. The van der Waals surface area contributed by atoms with Gasteiger partial charge in [-0.1, -0.05) is 212 Å². The van der Waals surface area contributed by atoms with Crippen LogP contribution in [0.2, 0.25) is 0 Å². The van der Waals surface area contributed by atoms with Crippen molar-refractivity contribution in [3.8, 4) is 0 Å². The van der Waals surface area contributed by atoms with Gasteiger partial charge in [0.1, 0.15) is 18.8 Å². The van der Waals surface area contributed by atoms with E-state index in [0.717, 1.165) is 87.4 Å². The number of carbonyl (C=O) groups is 8. The van der Waals surface area contributed by atoms with E-state index in [2.05, 4.69) is 23.4 Å². The molecule has 12 aromatic rings. The van der Waals surface area contributed by atoms with E-state index in [1.807, 2.05) is 158 Å². The maximum Gasteiger partial charge on any atom is 0.338 e. The lowest BCUT2D eigenvalue weighted by Crippen LogP contribution is -2.07. The summed E-state index contributed by atoms with van der Waals surface area (Å²) in [6.07, 6.45) is -1.27. The number of hydrogen-bond acceptors (Lipinski definition) is 20. The third kappa shape index (κ3) is 22.6. The Morgan fingerprint density at radius 3 is 1.34 bits per heavy atom. The molecule has 3 aliphatic heterocycles. The fraction of sp³-hybridized carbons (Fsp3) is 0.130. The van der Waals surface area contributed by atoms with Crippen molar-refractivity contribution in [2.24, 2.45) is 0 Å². The number of aromatic carboxylic acids is 3. The van der Waals surface area contributed by atoms with Gasteiger partial charge in [-0.15, -0.1) is 71.4 Å². The first-order valence-corrected chi connectivity index (χ1v) is 41.1. The van der Waals surface area contributed by atoms with Crippen LogP contribution in [0.5, 0.6) is 0 Å². The van der Waals surface area contributed by atoms with Crippen LogP contribution in [0.4, 0.5) is 0 Å². The highest BCUT2D eigenvalue weighted by Crippen LogP contribution is 2.44. The van der Waals surface area contributed by atoms with E-state index in [4.69, 9.17) is 19.7 Å². The Hall–Kier alpha value is -11.2. The lowest BCUT2D eigenvalue weighted by atomic mass is 9.96. The van der Waals surface area contributed by atoms with Crippen LogP contribution < -0.4 is 0 Å². The number of carboxylic acids is 3. The highest BCUT2D eigenvalue weighted by molar-refractivity contribution is 7.99. The summed E-state index contributed by atoms with van der Waals surface area (Å²) >= 11 is 11.7. The van der Waals surface area contributed by atoms with Crippen molar-refractivity contribution >= 4 is 119 Å². The largest absolute Gasteiger partial charge is 0.478 e. The molecular weight excluding hydrogens is 1570 g/mol. The van der Waals surface area contributed by atoms with Crippen molar-refractivity contribution < 1.29 is 83.2 Å². The SMILES string of the molecule is COC(=O)c1ccccc1S.COC(=O)c1ccccc1SCc1ccccc1C(C)=O.O=C(O)c1cccc2c1SCc1ccccc1C2=O.O=C(O)c1ccccc1CSc1ccccc1C(=O)O.O=C(OCc1cccc2c1SCc1ccccc1C2O)c1ccccc1.OCc1cccc2c1SCc1ccccc1C2O. The summed E-state index contributed by atoms with van der Waals surface area (Å²) in [5.41, 5.74) is 14.5. The fourth-order valence-corrected chi connectivity index (χ4v) is 18.3. The minimum absolute atomic E-state index is 0.0131. The van der Waals surface area contributed by atoms with E-state index < -0.39 is 30.1 Å². The summed E-state index contributed by atoms with van der Waals surface area (Å²) in [6, 6.07) is 83.9. The zero-order chi connectivity index (χ0) is 81.9. The molecule has 0 saturated heterocycles. The van der Waals surface area contributed by atoms with E-state index in [0.29, 0.717) is 65.3 Å². The number of methoxy groups -OCH3 is 2. The number of Topliss-reactive ketones (excluding diaryl/α,β-unsaturated/α-hetero) is 1. The van der Waals surface area contributed by atoms with Gasteiger partial charge in [-0.25, -0.2) is 28.8 Å². The number of esters is 3. The molecule has 0 aromatic heterocycles. The Balaban J connectivity index is 0.000000148. The molecule has 12 aromatic carbocycles. The molecule has 3 heterocycles. The second-order valence-electron chi connectivity index (χ2n) is 25.4. The number of ether oxygens (including phenoxy) is 3. The van der Waals surface area contributed by atoms with Crippen LogP contribution in [-0.2, 0) is 56.2 Å². The van der Waals surface area contributed by atoms with Crippen molar-refractivity contribution in [3.05, 3.63) is 390 Å². The zero-order valence-electron chi connectivity index (χ0n) is 62.3. The quantitative estimate of drug-likeness (QED) is 0.0156. The predicted molar refractivity (Wildman–Crippen MR) is 453 cm³/mol. The van der Waals surface area contributed by atoms with Crippen molar-refractivity contribution in [2.75, 3.05) is 14.2 Å². The van der Waals surface area contributed by atoms with E-state index in [1.165, 1.54) is 61.6 Å². The topological polar surface area (TPSA) is 286 Å². The van der Waals surface area contributed by atoms with Crippen LogP contribution in [0.1, 0.15) is 169 Å². The minimum Gasteiger partial charge on any atom is -0.478 e. The number of carbonyl (C=O) groups excluding carboxylic acids is 5. The summed E-state index contributed by atoms with van der Waals surface area (Å²) in [4.78, 5) is 97.2. The molecule has 0 bridgehead atoms. The number of rotatable bonds is 16. The molecule has 3 aliphatic rings. The van der Waals surface area contributed by atoms with E-state index in [1.54, 1.807) is 134 Å². The summed E-state index contributed by atoms with van der Waals surface area (Å²) in [6.45, 7) is 1.76. The van der Waals surface area contributed by atoms with Gasteiger partial charge in [0.25, 0.3) is 0 Å². The molecule has 584 valence electrons. The van der Waals surface area contributed by atoms with E-state index in [-0.39, 0.29) is 59.4 Å². The van der Waals surface area contributed by atoms with Gasteiger partial charge in [-0.2, -0.15) is 0 Å². The summed E-state index contributed by atoms with van der Waals surface area (Å²) in [7, 11) is 2.72. The Labute approximate surface area is 692 Å². The molecule has 0 saturated carbocycles. The Bertz CT molecular complexity index is 5440. The van der Waals surface area contributed by atoms with Crippen LogP contribution in [-0.4, -0.2) is 92.2 Å². The van der Waals surface area contributed by atoms with Gasteiger partial charge in [0.2, 0.25) is 0 Å². The number of aliphatic hydroxyl groups is 3. The van der Waals surface area contributed by atoms with Crippen LogP contribution in [0.3, 0.4) is 0 Å². The first kappa shape index (κ1) is 86.2. The number of thioether (sulfide) groups is 5. The third-order valence-electron chi connectivity index (χ3n) is 18.1. The number of carboxylic acid groups (broad SMARTS) is 3. The highest BCUT2D eigenvalue weighted by atomic mass is 32.2. The molecule has 2 atom stereocenters. The van der Waals surface area contributed by atoms with E-state index >= 15 is 0 Å². The number of thiol groups is 1. The molecular formula is C92H78O17S6. The van der Waals surface area contributed by atoms with Gasteiger partial charge in [0.05, 0.1) is 54.2 Å². The molecule has 0 fully saturated rings. The fourth-order valence-electron chi connectivity index (χ4n) is 12.3. The average molecular weight is 1650 g/mol. The minimum atomic E-state index is -0.997. The van der Waals surface area contributed by atoms with Gasteiger partial charge in [0, 0.05) is 80.4 Å². The van der Waals surface area contributed by atoms with Crippen LogP contribution >= 0.6 is 71.4 Å². The first-order chi connectivity index (χ1) is 55.7. The number of hydrogen-bond donors (Lipinski definition) is 7. The maximum absolute atomic E-state index is 12.5. The maximum atomic E-state index is 12.5. The van der Waals surface area contributed by atoms with Gasteiger partial charge in [-0.05, 0) is 129 Å². The zero-order valence-corrected chi connectivity index (χ0v) is 67.3. The molecule has 0 aliphatic carbocycles. The van der Waals surface area contributed by atoms with Crippen LogP contribution in [0, 0.1) is 0 Å². The Kier molecular flexibility index (Phi) is 32.1. The number of benzene rings is 12. The van der Waals surface area contributed by atoms with Crippen molar-refractivity contribution in [1.82, 2.24) is 0 Å². The summed E-state index contributed by atoms with van der Waals surface area (Å²) in [5.74, 6) is -0.794. The average Bonchev–Trinajstić information content (AvgIpc) is 1.70. The number of aliphatic hydroxyl groups excluding tert-OH is 3. The van der Waals surface area contributed by atoms with Crippen molar-refractivity contribution in [2.45, 2.75) is 90.5 Å². The standard InChI is InChI=1S/C22H18O3S.C17H16O3S.C15H12O4S.C15H10O3S.C15H14O2S.C8H8O2S/c23-20-18-11-5-4-9-17(18)14-26-21-16(10-6-12-19(20)21)13-25-22(24)15-7-2-1-3-8-15;1-12(18)14-8-4-3-7-13(14)11-21-16-10-6-5-9-15(16)17(19)20-2;16-14(17)11-6-2-1-5-10(11)9-20-13-8-4-3-7-12(13)15(18)19;16-13-10-5-2-1-4-9(10)8-19-14-11(13)6-3-7-12(14)15(17)18;16-8-10-5-3-7-13-14(17)12-6-2-1-4-11(12)9-18-15(10)13;1-10-8(9)6-4-2-3-5-7(6)11/h1-12,20,23H,13-14H2;3-10H,11H2,1-2H3;1-8H,9H2,(H,16,17)(H,18,19);1-7H,8H2,(H,17,18);1-7,14,16-17H,8-9H2;2-5,11H,1H3. The van der Waals surface area contributed by atoms with Crippen molar-refractivity contribution in [3.63, 3.8) is 0 Å².